The van der Waals surface area contributed by atoms with Crippen LogP contribution < -0.4 is 5.32 Å². The minimum Gasteiger partial charge on any atom is -0.302 e. The first kappa shape index (κ1) is 22.4. The van der Waals surface area contributed by atoms with E-state index in [1.165, 1.54) is 27.8 Å². The molecule has 1 atom stereocenters. The fraction of sp³-hybridized carbons (Fsp3) is 0.227. The van der Waals surface area contributed by atoms with Crippen LogP contribution in [0.1, 0.15) is 12.8 Å². The monoisotopic (exact) mass is 518 g/mol. The summed E-state index contributed by atoms with van der Waals surface area (Å²) in [5.41, 5.74) is 1.63. The van der Waals surface area contributed by atoms with Crippen molar-refractivity contribution in [3.05, 3.63) is 58.9 Å². The number of sulfonamides is 1. The lowest BCUT2D eigenvalue weighted by Gasteiger charge is -2.31. The first-order valence-corrected chi connectivity index (χ1v) is 13.8. The third-order valence-corrected chi connectivity index (χ3v) is 9.40. The number of piperidine rings is 1. The van der Waals surface area contributed by atoms with E-state index in [-0.39, 0.29) is 17.3 Å². The van der Waals surface area contributed by atoms with Gasteiger partial charge in [0.05, 0.1) is 21.0 Å². The average Bonchev–Trinajstić information content (AvgIpc) is 3.46. The number of rotatable bonds is 5. The number of halogens is 1. The van der Waals surface area contributed by atoms with E-state index in [4.69, 9.17) is 11.6 Å². The maximum Gasteiger partial charge on any atom is 0.243 e. The van der Waals surface area contributed by atoms with E-state index in [0.29, 0.717) is 35.2 Å². The molecule has 0 bridgehead atoms. The molecule has 1 N–H and O–H groups in total. The molecule has 7 nitrogen and oxygen atoms in total. The Morgan fingerprint density at radius 2 is 1.91 bits per heavy atom. The van der Waals surface area contributed by atoms with Gasteiger partial charge in [-0.2, -0.15) is 4.31 Å². The highest BCUT2D eigenvalue weighted by atomic mass is 35.5. The molecule has 0 radical (unpaired) electrons. The van der Waals surface area contributed by atoms with Gasteiger partial charge < -0.3 is 5.32 Å². The number of carbonyl (C=O) groups excluding carboxylic acids is 1. The van der Waals surface area contributed by atoms with Gasteiger partial charge in [0.15, 0.2) is 5.13 Å². The molecule has 2 aromatic carbocycles. The molecule has 0 spiro atoms. The SMILES string of the molecule is O=C(Nc1nc(-c2nc3ccccc3s2)cs1)C1CCCN(S(=O)(=O)c2ccc(Cl)cc2)C1. The second kappa shape index (κ2) is 9.11. The number of amides is 1. The van der Waals surface area contributed by atoms with Gasteiger partial charge in [0.1, 0.15) is 10.7 Å². The van der Waals surface area contributed by atoms with Crippen LogP contribution in [0.5, 0.6) is 0 Å². The van der Waals surface area contributed by atoms with Crippen molar-refractivity contribution < 1.29 is 13.2 Å². The predicted octanol–water partition coefficient (Wildman–Crippen LogP) is 5.11. The summed E-state index contributed by atoms with van der Waals surface area (Å²) in [4.78, 5) is 22.2. The molecule has 1 aliphatic heterocycles. The summed E-state index contributed by atoms with van der Waals surface area (Å²) >= 11 is 8.76. The van der Waals surface area contributed by atoms with Crippen LogP contribution in [0, 0.1) is 5.92 Å². The molecule has 1 unspecified atom stereocenters. The zero-order valence-electron chi connectivity index (χ0n) is 17.3. The fourth-order valence-electron chi connectivity index (χ4n) is 3.75. The lowest BCUT2D eigenvalue weighted by Crippen LogP contribution is -2.43. The van der Waals surface area contributed by atoms with Crippen molar-refractivity contribution in [1.29, 1.82) is 0 Å². The van der Waals surface area contributed by atoms with Gasteiger partial charge in [0.25, 0.3) is 0 Å². The van der Waals surface area contributed by atoms with Crippen LogP contribution >= 0.6 is 34.3 Å². The molecule has 170 valence electrons. The van der Waals surface area contributed by atoms with E-state index < -0.39 is 15.9 Å². The molecule has 2 aromatic heterocycles. The molecule has 1 fully saturated rings. The number of thiazole rings is 2. The lowest BCUT2D eigenvalue weighted by molar-refractivity contribution is -0.120. The van der Waals surface area contributed by atoms with Crippen molar-refractivity contribution in [1.82, 2.24) is 14.3 Å². The summed E-state index contributed by atoms with van der Waals surface area (Å²) < 4.78 is 28.4. The summed E-state index contributed by atoms with van der Waals surface area (Å²) in [6.45, 7) is 0.515. The molecule has 5 rings (SSSR count). The lowest BCUT2D eigenvalue weighted by atomic mass is 9.99. The van der Waals surface area contributed by atoms with Crippen LogP contribution in [0.25, 0.3) is 20.9 Å². The van der Waals surface area contributed by atoms with Gasteiger partial charge in [0.2, 0.25) is 15.9 Å². The molecule has 1 amide bonds. The van der Waals surface area contributed by atoms with E-state index in [0.717, 1.165) is 15.2 Å². The van der Waals surface area contributed by atoms with Gasteiger partial charge in [-0.1, -0.05) is 23.7 Å². The highest BCUT2D eigenvalue weighted by Crippen LogP contribution is 2.32. The standard InChI is InChI=1S/C22H19ClN4O3S3/c23-15-7-9-16(10-8-15)33(29,30)27-11-3-4-14(12-27)20(28)26-22-25-18(13-31-22)21-24-17-5-1-2-6-19(17)32-21/h1-2,5-10,13-14H,3-4,11-12H2,(H,25,26,28). The number of aromatic nitrogens is 2. The largest absolute Gasteiger partial charge is 0.302 e. The first-order chi connectivity index (χ1) is 15.9. The molecule has 0 aliphatic carbocycles. The maximum atomic E-state index is 13.0. The van der Waals surface area contributed by atoms with Crippen molar-refractivity contribution in [2.45, 2.75) is 17.7 Å². The summed E-state index contributed by atoms with van der Waals surface area (Å²) in [5.74, 6) is -0.674. The van der Waals surface area contributed by atoms with E-state index in [9.17, 15) is 13.2 Å². The minimum absolute atomic E-state index is 0.132. The number of carbonyl (C=O) groups is 1. The van der Waals surface area contributed by atoms with Crippen molar-refractivity contribution in [2.24, 2.45) is 5.92 Å². The number of hydrogen-bond donors (Lipinski definition) is 1. The Hall–Kier alpha value is -2.37. The van der Waals surface area contributed by atoms with Gasteiger partial charge in [-0.05, 0) is 49.2 Å². The molecular formula is C22H19ClN4O3S3. The van der Waals surface area contributed by atoms with Crippen LogP contribution in [-0.2, 0) is 14.8 Å². The van der Waals surface area contributed by atoms with Crippen LogP contribution in [-0.4, -0.2) is 41.7 Å². The first-order valence-electron chi connectivity index (χ1n) is 10.3. The summed E-state index contributed by atoms with van der Waals surface area (Å²) in [6.07, 6.45) is 1.23. The molecule has 4 aromatic rings. The fourth-order valence-corrected chi connectivity index (χ4v) is 7.10. The third-order valence-electron chi connectivity index (χ3n) is 5.45. The Kier molecular flexibility index (Phi) is 6.19. The van der Waals surface area contributed by atoms with E-state index >= 15 is 0 Å². The van der Waals surface area contributed by atoms with Gasteiger partial charge in [-0.3, -0.25) is 4.79 Å². The zero-order valence-corrected chi connectivity index (χ0v) is 20.5. The van der Waals surface area contributed by atoms with Gasteiger partial charge in [-0.15, -0.1) is 22.7 Å². The summed E-state index contributed by atoms with van der Waals surface area (Å²) in [6, 6.07) is 14.0. The Balaban J connectivity index is 1.27. The molecule has 1 saturated heterocycles. The van der Waals surface area contributed by atoms with Gasteiger partial charge in [-0.25, -0.2) is 18.4 Å². The third kappa shape index (κ3) is 4.67. The van der Waals surface area contributed by atoms with Crippen molar-refractivity contribution >= 4 is 65.6 Å². The van der Waals surface area contributed by atoms with E-state index in [2.05, 4.69) is 15.3 Å². The van der Waals surface area contributed by atoms with Crippen molar-refractivity contribution in [2.75, 3.05) is 18.4 Å². The molecule has 33 heavy (non-hydrogen) atoms. The maximum absolute atomic E-state index is 13.0. The zero-order chi connectivity index (χ0) is 23.0. The second-order valence-corrected chi connectivity index (χ2v) is 11.9. The number of fused-ring (bicyclic) bond motifs is 1. The summed E-state index contributed by atoms with van der Waals surface area (Å²) in [5, 5.41) is 6.47. The smallest absolute Gasteiger partial charge is 0.243 e. The Bertz CT molecular complexity index is 1380. The van der Waals surface area contributed by atoms with Gasteiger partial charge >= 0.3 is 0 Å². The van der Waals surface area contributed by atoms with Crippen LogP contribution in [0.3, 0.4) is 0 Å². The predicted molar refractivity (Wildman–Crippen MR) is 132 cm³/mol. The number of nitrogens with one attached hydrogen (secondary N) is 1. The molecule has 0 saturated carbocycles. The van der Waals surface area contributed by atoms with Crippen LogP contribution in [0.2, 0.25) is 5.02 Å². The quantitative estimate of drug-likeness (QED) is 0.396. The molecule has 1 aliphatic rings. The average molecular weight is 519 g/mol. The second-order valence-electron chi connectivity index (χ2n) is 7.67. The highest BCUT2D eigenvalue weighted by Gasteiger charge is 2.33. The number of anilines is 1. The number of nitrogens with zero attached hydrogens (tertiary/aromatic N) is 3. The number of benzene rings is 2. The minimum atomic E-state index is -3.69. The molecule has 11 heteroatoms. The van der Waals surface area contributed by atoms with Crippen molar-refractivity contribution in [3.63, 3.8) is 0 Å². The van der Waals surface area contributed by atoms with Crippen LogP contribution in [0.4, 0.5) is 5.13 Å². The Morgan fingerprint density at radius 1 is 1.12 bits per heavy atom. The summed E-state index contributed by atoms with van der Waals surface area (Å²) in [7, 11) is -3.69. The van der Waals surface area contributed by atoms with Crippen molar-refractivity contribution in [3.8, 4) is 10.7 Å². The topological polar surface area (TPSA) is 92.3 Å². The number of para-hydroxylation sites is 1. The Labute approximate surface area is 204 Å². The molecular weight excluding hydrogens is 500 g/mol. The highest BCUT2D eigenvalue weighted by molar-refractivity contribution is 7.89. The number of hydrogen-bond acceptors (Lipinski definition) is 7. The van der Waals surface area contributed by atoms with E-state index in [1.807, 2.05) is 29.6 Å². The van der Waals surface area contributed by atoms with E-state index in [1.54, 1.807) is 23.5 Å². The molecule has 3 heterocycles. The van der Waals surface area contributed by atoms with Gasteiger partial charge in [0, 0.05) is 23.5 Å². The normalized spacial score (nSPS) is 17.3. The van der Waals surface area contributed by atoms with Crippen LogP contribution in [0.15, 0.2) is 58.8 Å². The Morgan fingerprint density at radius 3 is 2.70 bits per heavy atom.